The van der Waals surface area contributed by atoms with Crippen molar-refractivity contribution in [2.24, 2.45) is 5.92 Å². The van der Waals surface area contributed by atoms with Crippen LogP contribution < -0.4 is 14.9 Å². The molecule has 11 heteroatoms. The molecule has 1 aliphatic rings. The first-order valence-electron chi connectivity index (χ1n) is 8.79. The molecular formula is C17H21N5O4S2. The normalized spacial score (nSPS) is 14.7. The Hall–Kier alpha value is -2.37. The number of aromatic nitrogens is 2. The zero-order valence-corrected chi connectivity index (χ0v) is 17.1. The summed E-state index contributed by atoms with van der Waals surface area (Å²) in [6.07, 6.45) is 1.35. The Morgan fingerprint density at radius 2 is 2.11 bits per heavy atom. The number of sulfonamides is 1. The molecule has 1 saturated heterocycles. The highest BCUT2D eigenvalue weighted by atomic mass is 32.2. The van der Waals surface area contributed by atoms with E-state index in [0.29, 0.717) is 13.0 Å². The zero-order valence-electron chi connectivity index (χ0n) is 15.5. The van der Waals surface area contributed by atoms with Gasteiger partial charge in [-0.2, -0.15) is 0 Å². The predicted molar refractivity (Wildman–Crippen MR) is 105 cm³/mol. The number of amides is 2. The van der Waals surface area contributed by atoms with Crippen molar-refractivity contribution in [2.75, 3.05) is 16.8 Å². The zero-order chi connectivity index (χ0) is 20.3. The summed E-state index contributed by atoms with van der Waals surface area (Å²) in [6, 6.07) is 7.19. The van der Waals surface area contributed by atoms with E-state index in [1.807, 2.05) is 6.07 Å². The van der Waals surface area contributed by atoms with Gasteiger partial charge in [-0.25, -0.2) is 13.1 Å². The molecule has 0 spiro atoms. The minimum absolute atomic E-state index is 0.0471. The quantitative estimate of drug-likeness (QED) is 0.654. The maximum absolute atomic E-state index is 12.5. The van der Waals surface area contributed by atoms with Crippen molar-refractivity contribution in [3.8, 4) is 0 Å². The average molecular weight is 424 g/mol. The second-order valence-corrected chi connectivity index (χ2v) is 9.58. The van der Waals surface area contributed by atoms with Gasteiger partial charge in [0.25, 0.3) is 10.0 Å². The van der Waals surface area contributed by atoms with Crippen molar-refractivity contribution in [1.82, 2.24) is 14.9 Å². The van der Waals surface area contributed by atoms with Gasteiger partial charge in [0.05, 0.1) is 0 Å². The van der Waals surface area contributed by atoms with Crippen molar-refractivity contribution in [1.29, 1.82) is 0 Å². The van der Waals surface area contributed by atoms with Gasteiger partial charge in [-0.15, -0.1) is 10.2 Å². The van der Waals surface area contributed by atoms with E-state index in [9.17, 15) is 18.0 Å². The van der Waals surface area contributed by atoms with Crippen molar-refractivity contribution in [3.63, 3.8) is 0 Å². The topological polar surface area (TPSA) is 121 Å². The summed E-state index contributed by atoms with van der Waals surface area (Å²) < 4.78 is 27.2. The number of hydrogen-bond donors (Lipinski definition) is 2. The smallest absolute Gasteiger partial charge is 0.270 e. The molecule has 0 unspecified atom stereocenters. The number of nitrogens with one attached hydrogen (secondary N) is 2. The highest BCUT2D eigenvalue weighted by molar-refractivity contribution is 7.91. The molecule has 0 radical (unpaired) electrons. The number of anilines is 2. The van der Waals surface area contributed by atoms with Gasteiger partial charge in [-0.05, 0) is 24.1 Å². The van der Waals surface area contributed by atoms with E-state index in [2.05, 4.69) is 20.2 Å². The van der Waals surface area contributed by atoms with Crippen LogP contribution in [0.3, 0.4) is 0 Å². The molecular weight excluding hydrogens is 402 g/mol. The van der Waals surface area contributed by atoms with Crippen molar-refractivity contribution >= 4 is 44.0 Å². The van der Waals surface area contributed by atoms with Gasteiger partial charge in [-0.3, -0.25) is 9.59 Å². The second-order valence-electron chi connectivity index (χ2n) is 6.66. The summed E-state index contributed by atoms with van der Waals surface area (Å²) in [5, 5.41) is 10.0. The third kappa shape index (κ3) is 4.72. The third-order valence-electron chi connectivity index (χ3n) is 4.15. The van der Waals surface area contributed by atoms with Gasteiger partial charge in [0.15, 0.2) is 0 Å². The second kappa shape index (κ2) is 8.33. The summed E-state index contributed by atoms with van der Waals surface area (Å²) >= 11 is 0.787. The minimum Gasteiger partial charge on any atom is -0.312 e. The number of rotatable bonds is 7. The van der Waals surface area contributed by atoms with E-state index in [0.717, 1.165) is 29.0 Å². The molecule has 1 aliphatic heterocycles. The van der Waals surface area contributed by atoms with E-state index in [-0.39, 0.29) is 33.7 Å². The molecule has 1 fully saturated rings. The van der Waals surface area contributed by atoms with Crippen LogP contribution in [0.25, 0.3) is 0 Å². The van der Waals surface area contributed by atoms with E-state index < -0.39 is 10.0 Å². The monoisotopic (exact) mass is 423 g/mol. The van der Waals surface area contributed by atoms with Crippen LogP contribution >= 0.6 is 11.3 Å². The first-order chi connectivity index (χ1) is 13.3. The van der Waals surface area contributed by atoms with Gasteiger partial charge in [-0.1, -0.05) is 37.3 Å². The largest absolute Gasteiger partial charge is 0.312 e. The van der Waals surface area contributed by atoms with Crippen LogP contribution in [0.4, 0.5) is 10.8 Å². The maximum Gasteiger partial charge on any atom is 0.270 e. The fraction of sp³-hybridized carbons (Fsp3) is 0.412. The summed E-state index contributed by atoms with van der Waals surface area (Å²) in [5.41, 5.74) is 1.48. The van der Waals surface area contributed by atoms with Gasteiger partial charge >= 0.3 is 0 Å². The lowest BCUT2D eigenvalue weighted by molar-refractivity contribution is -0.119. The molecule has 0 atom stereocenters. The molecule has 2 N–H and O–H groups in total. The molecule has 1 aromatic heterocycles. The predicted octanol–water partition coefficient (Wildman–Crippen LogP) is 1.74. The van der Waals surface area contributed by atoms with Crippen LogP contribution in [0.2, 0.25) is 0 Å². The van der Waals surface area contributed by atoms with Crippen LogP contribution in [0.15, 0.2) is 28.6 Å². The Balaban J connectivity index is 1.66. The summed E-state index contributed by atoms with van der Waals surface area (Å²) in [4.78, 5) is 25.3. The minimum atomic E-state index is -3.87. The van der Waals surface area contributed by atoms with Gasteiger partial charge in [0.1, 0.15) is 0 Å². The molecule has 2 heterocycles. The Labute approximate surface area is 167 Å². The van der Waals surface area contributed by atoms with E-state index in [4.69, 9.17) is 0 Å². The average Bonchev–Trinajstić information content (AvgIpc) is 3.29. The summed E-state index contributed by atoms with van der Waals surface area (Å²) in [5.74, 6) is -0.444. The van der Waals surface area contributed by atoms with E-state index in [1.54, 1.807) is 36.9 Å². The molecule has 0 saturated carbocycles. The molecule has 150 valence electrons. The van der Waals surface area contributed by atoms with Crippen molar-refractivity contribution in [3.05, 3.63) is 29.8 Å². The van der Waals surface area contributed by atoms with Crippen LogP contribution in [0.5, 0.6) is 0 Å². The molecule has 1 aromatic carbocycles. The van der Waals surface area contributed by atoms with Crippen LogP contribution in [0.1, 0.15) is 32.3 Å². The van der Waals surface area contributed by atoms with Crippen LogP contribution in [-0.4, -0.2) is 37.0 Å². The molecule has 3 rings (SSSR count). The first-order valence-corrected chi connectivity index (χ1v) is 11.1. The Kier molecular flexibility index (Phi) is 6.06. The maximum atomic E-state index is 12.5. The number of carbonyl (C=O) groups is 2. The highest BCUT2D eigenvalue weighted by Crippen LogP contribution is 2.23. The lowest BCUT2D eigenvalue weighted by atomic mass is 10.2. The standard InChI is InChI=1S/C17H21N5O4S2/c1-11(2)15(24)19-16-20-21-17(27-16)28(25,26)18-10-12-5-3-6-13(9-12)22-8-4-7-14(22)23/h3,5-6,9,11,18H,4,7-8,10H2,1-2H3,(H,19,20,24). The molecule has 0 aliphatic carbocycles. The van der Waals surface area contributed by atoms with Crippen molar-refractivity contribution in [2.45, 2.75) is 37.6 Å². The Morgan fingerprint density at radius 3 is 2.79 bits per heavy atom. The van der Waals surface area contributed by atoms with Crippen molar-refractivity contribution < 1.29 is 18.0 Å². The van der Waals surface area contributed by atoms with Crippen LogP contribution in [-0.2, 0) is 26.2 Å². The lowest BCUT2D eigenvalue weighted by Gasteiger charge is -2.16. The fourth-order valence-corrected chi connectivity index (χ4v) is 4.58. The molecule has 2 aromatic rings. The Morgan fingerprint density at radius 1 is 1.32 bits per heavy atom. The number of hydrogen-bond acceptors (Lipinski definition) is 7. The summed E-state index contributed by atoms with van der Waals surface area (Å²) in [6.45, 7) is 4.16. The fourth-order valence-electron chi connectivity index (χ4n) is 2.61. The number of carbonyl (C=O) groups excluding carboxylic acids is 2. The third-order valence-corrected chi connectivity index (χ3v) is 6.76. The van der Waals surface area contributed by atoms with Gasteiger partial charge in [0.2, 0.25) is 21.3 Å². The van der Waals surface area contributed by atoms with Gasteiger partial charge in [0, 0.05) is 31.1 Å². The van der Waals surface area contributed by atoms with Crippen LogP contribution in [0, 0.1) is 5.92 Å². The molecule has 9 nitrogen and oxygen atoms in total. The summed E-state index contributed by atoms with van der Waals surface area (Å²) in [7, 11) is -3.87. The number of benzene rings is 1. The SMILES string of the molecule is CC(C)C(=O)Nc1nnc(S(=O)(=O)NCc2cccc(N3CCCC3=O)c2)s1. The van der Waals surface area contributed by atoms with E-state index >= 15 is 0 Å². The number of nitrogens with zero attached hydrogens (tertiary/aromatic N) is 3. The highest BCUT2D eigenvalue weighted by Gasteiger charge is 2.23. The molecule has 0 bridgehead atoms. The molecule has 2 amide bonds. The lowest BCUT2D eigenvalue weighted by Crippen LogP contribution is -2.25. The van der Waals surface area contributed by atoms with E-state index in [1.165, 1.54) is 0 Å². The van der Waals surface area contributed by atoms with Gasteiger partial charge < -0.3 is 10.2 Å². The molecule has 28 heavy (non-hydrogen) atoms. The Bertz CT molecular complexity index is 987. The first kappa shape index (κ1) is 20.4.